The maximum Gasteiger partial charge on any atom is 0.348 e. The summed E-state index contributed by atoms with van der Waals surface area (Å²) in [5.74, 6) is -0.549. The van der Waals surface area contributed by atoms with Crippen molar-refractivity contribution in [2.45, 2.75) is 20.8 Å². The minimum Gasteiger partial charge on any atom is -0.462 e. The molecule has 1 aromatic rings. The number of nitriles is 2. The fourth-order valence-corrected chi connectivity index (χ4v) is 1.63. The highest BCUT2D eigenvalue weighted by Gasteiger charge is 2.06. The zero-order valence-electron chi connectivity index (χ0n) is 12.8. The Labute approximate surface area is 139 Å². The third kappa shape index (κ3) is 6.88. The van der Waals surface area contributed by atoms with Crippen LogP contribution in [0.5, 0.6) is 0 Å². The van der Waals surface area contributed by atoms with Crippen LogP contribution in [0.2, 0.25) is 0 Å². The van der Waals surface area contributed by atoms with Crippen LogP contribution in [0.3, 0.4) is 0 Å². The van der Waals surface area contributed by atoms with Crippen molar-refractivity contribution in [3.8, 4) is 12.1 Å². The first-order valence-corrected chi connectivity index (χ1v) is 7.39. The second-order valence-corrected chi connectivity index (χ2v) is 4.77. The number of nitrogens with zero attached hydrogens (tertiary/aromatic N) is 2. The van der Waals surface area contributed by atoms with Crippen molar-refractivity contribution in [3.05, 3.63) is 52.0 Å². The Morgan fingerprint density at radius 3 is 2.14 bits per heavy atom. The van der Waals surface area contributed by atoms with Gasteiger partial charge in [0.15, 0.2) is 0 Å². The summed E-state index contributed by atoms with van der Waals surface area (Å²) in [6.07, 6.45) is 3.24. The van der Waals surface area contributed by atoms with Crippen LogP contribution < -0.4 is 0 Å². The van der Waals surface area contributed by atoms with Crippen molar-refractivity contribution in [2.75, 3.05) is 6.61 Å². The molecule has 0 aliphatic heterocycles. The van der Waals surface area contributed by atoms with E-state index in [1.165, 1.54) is 6.08 Å². The van der Waals surface area contributed by atoms with Crippen LogP contribution in [-0.2, 0) is 9.53 Å². The Kier molecular flexibility index (Phi) is 10.1. The Balaban J connectivity index is 0.000000409. The number of carbonyl (C=O) groups excluding carboxylic acids is 1. The molecule has 22 heavy (non-hydrogen) atoms. The van der Waals surface area contributed by atoms with Gasteiger partial charge in [0.25, 0.3) is 0 Å². The average molecular weight is 361 g/mol. The number of benzene rings is 1. The monoisotopic (exact) mass is 360 g/mol. The third-order valence-corrected chi connectivity index (χ3v) is 3.00. The standard InChI is InChI=1S/C10H8BrN.C7H9NO2/c1-2-8(7-12)9-3-5-10(11)6-4-9;1-3-6(5-8)7(9)10-4-2/h2-6H,1H3;3H,4H2,1-2H3/b8-2+;6-3+. The molecule has 1 rings (SSSR count). The van der Waals surface area contributed by atoms with Gasteiger partial charge in [-0.05, 0) is 38.5 Å². The van der Waals surface area contributed by atoms with E-state index in [9.17, 15) is 4.79 Å². The topological polar surface area (TPSA) is 73.9 Å². The highest BCUT2D eigenvalue weighted by molar-refractivity contribution is 9.10. The zero-order chi connectivity index (χ0) is 17.0. The largest absolute Gasteiger partial charge is 0.462 e. The summed E-state index contributed by atoms with van der Waals surface area (Å²) in [5.41, 5.74) is 1.73. The number of hydrogen-bond acceptors (Lipinski definition) is 4. The van der Waals surface area contributed by atoms with Gasteiger partial charge in [0.1, 0.15) is 11.6 Å². The highest BCUT2D eigenvalue weighted by Crippen LogP contribution is 2.16. The van der Waals surface area contributed by atoms with Gasteiger partial charge in [-0.25, -0.2) is 4.79 Å². The van der Waals surface area contributed by atoms with Crippen molar-refractivity contribution >= 4 is 27.5 Å². The van der Waals surface area contributed by atoms with Gasteiger partial charge in [0.2, 0.25) is 0 Å². The normalized spacial score (nSPS) is 10.6. The van der Waals surface area contributed by atoms with Crippen molar-refractivity contribution in [1.29, 1.82) is 10.5 Å². The fourth-order valence-electron chi connectivity index (χ4n) is 1.36. The first-order chi connectivity index (χ1) is 10.5. The molecule has 0 spiro atoms. The SMILES string of the molecule is C/C=C(\C#N)C(=O)OCC.C/C=C(\C#N)c1ccc(Br)cc1. The molecule has 0 atom stereocenters. The van der Waals surface area contributed by atoms with Crippen LogP contribution in [0.25, 0.3) is 5.57 Å². The van der Waals surface area contributed by atoms with E-state index < -0.39 is 5.97 Å². The maximum atomic E-state index is 10.7. The number of hydrogen-bond donors (Lipinski definition) is 0. The summed E-state index contributed by atoms with van der Waals surface area (Å²) in [6.45, 7) is 5.48. The molecule has 0 amide bonds. The second kappa shape index (κ2) is 11.3. The lowest BCUT2D eigenvalue weighted by Crippen LogP contribution is -2.05. The molecule has 0 bridgehead atoms. The average Bonchev–Trinajstić information content (AvgIpc) is 2.52. The number of ether oxygens (including phenoxy) is 1. The summed E-state index contributed by atoms with van der Waals surface area (Å²) < 4.78 is 5.58. The molecule has 4 nitrogen and oxygen atoms in total. The predicted octanol–water partition coefficient (Wildman–Crippen LogP) is 4.40. The van der Waals surface area contributed by atoms with Gasteiger partial charge in [0.05, 0.1) is 18.2 Å². The van der Waals surface area contributed by atoms with Gasteiger partial charge < -0.3 is 4.74 Å². The molecule has 0 aromatic heterocycles. The summed E-state index contributed by atoms with van der Waals surface area (Å²) in [7, 11) is 0. The van der Waals surface area contributed by atoms with Crippen molar-refractivity contribution < 1.29 is 9.53 Å². The number of halogens is 1. The molecule has 0 heterocycles. The van der Waals surface area contributed by atoms with Crippen LogP contribution in [-0.4, -0.2) is 12.6 Å². The summed E-state index contributed by atoms with van der Waals surface area (Å²) in [4.78, 5) is 10.7. The minimum absolute atomic E-state index is 0.0573. The van der Waals surface area contributed by atoms with E-state index in [0.717, 1.165) is 10.0 Å². The number of allylic oxidation sites excluding steroid dienone is 3. The van der Waals surface area contributed by atoms with Gasteiger partial charge in [0, 0.05) is 4.47 Å². The van der Waals surface area contributed by atoms with Gasteiger partial charge in [-0.15, -0.1) is 0 Å². The molecular formula is C17H17BrN2O2. The molecule has 0 radical (unpaired) electrons. The first kappa shape index (κ1) is 19.6. The fraction of sp³-hybridized carbons (Fsp3) is 0.235. The van der Waals surface area contributed by atoms with Crippen molar-refractivity contribution in [3.63, 3.8) is 0 Å². The Morgan fingerprint density at radius 1 is 1.18 bits per heavy atom. The quantitative estimate of drug-likeness (QED) is 0.454. The molecule has 0 saturated heterocycles. The molecule has 0 unspecified atom stereocenters. The Bertz CT molecular complexity index is 632. The van der Waals surface area contributed by atoms with Gasteiger partial charge in [-0.1, -0.05) is 40.2 Å². The van der Waals surface area contributed by atoms with E-state index in [1.807, 2.05) is 37.3 Å². The third-order valence-electron chi connectivity index (χ3n) is 2.47. The van der Waals surface area contributed by atoms with Crippen LogP contribution in [0.4, 0.5) is 0 Å². The van der Waals surface area contributed by atoms with E-state index in [-0.39, 0.29) is 5.57 Å². The summed E-state index contributed by atoms with van der Waals surface area (Å²) >= 11 is 3.34. The second-order valence-electron chi connectivity index (χ2n) is 3.86. The molecule has 0 aliphatic rings. The summed E-state index contributed by atoms with van der Waals surface area (Å²) in [5, 5.41) is 17.0. The van der Waals surface area contributed by atoms with Crippen LogP contribution >= 0.6 is 15.9 Å². The molecule has 1 aromatic carbocycles. The van der Waals surface area contributed by atoms with Crippen LogP contribution in [0.15, 0.2) is 46.5 Å². The van der Waals surface area contributed by atoms with Crippen molar-refractivity contribution in [1.82, 2.24) is 0 Å². The minimum atomic E-state index is -0.549. The van der Waals surface area contributed by atoms with Crippen molar-refractivity contribution in [2.24, 2.45) is 0 Å². The van der Waals surface area contributed by atoms with E-state index >= 15 is 0 Å². The van der Waals surface area contributed by atoms with Gasteiger partial charge in [-0.3, -0.25) is 0 Å². The number of rotatable bonds is 3. The Morgan fingerprint density at radius 2 is 1.77 bits per heavy atom. The predicted molar refractivity (Wildman–Crippen MR) is 89.4 cm³/mol. The zero-order valence-corrected chi connectivity index (χ0v) is 14.3. The number of esters is 1. The van der Waals surface area contributed by atoms with Crippen LogP contribution in [0.1, 0.15) is 26.3 Å². The lowest BCUT2D eigenvalue weighted by Gasteiger charge is -1.96. The van der Waals surface area contributed by atoms with E-state index in [0.29, 0.717) is 12.2 Å². The first-order valence-electron chi connectivity index (χ1n) is 6.59. The molecule has 0 fully saturated rings. The lowest BCUT2D eigenvalue weighted by atomic mass is 10.1. The van der Waals surface area contributed by atoms with Gasteiger partial charge in [-0.2, -0.15) is 10.5 Å². The summed E-state index contributed by atoms with van der Waals surface area (Å²) in [6, 6.07) is 11.5. The van der Waals surface area contributed by atoms with Gasteiger partial charge >= 0.3 is 5.97 Å². The molecule has 0 saturated carbocycles. The van der Waals surface area contributed by atoms with E-state index in [4.69, 9.17) is 10.5 Å². The molecule has 5 heteroatoms. The Hall–Kier alpha value is -2.37. The molecule has 0 N–H and O–H groups in total. The lowest BCUT2D eigenvalue weighted by molar-refractivity contribution is -0.138. The molecule has 0 aliphatic carbocycles. The van der Waals surface area contributed by atoms with Crippen LogP contribution in [0, 0.1) is 22.7 Å². The van der Waals surface area contributed by atoms with E-state index in [2.05, 4.69) is 26.7 Å². The van der Waals surface area contributed by atoms with E-state index in [1.54, 1.807) is 19.9 Å². The number of carbonyl (C=O) groups is 1. The molecular weight excluding hydrogens is 344 g/mol. The smallest absolute Gasteiger partial charge is 0.348 e. The highest BCUT2D eigenvalue weighted by atomic mass is 79.9. The molecule has 114 valence electrons. The maximum absolute atomic E-state index is 10.7.